The van der Waals surface area contributed by atoms with Crippen molar-refractivity contribution >= 4 is 52.2 Å². The third kappa shape index (κ3) is 4.49. The number of nitrogens with zero attached hydrogens (tertiary/aromatic N) is 3. The summed E-state index contributed by atoms with van der Waals surface area (Å²) in [5, 5.41) is 9.73. The number of thiazole rings is 1. The summed E-state index contributed by atoms with van der Waals surface area (Å²) in [6.45, 7) is 6.89. The van der Waals surface area contributed by atoms with Crippen LogP contribution in [0.3, 0.4) is 0 Å². The molecule has 0 spiro atoms. The molecule has 3 aliphatic rings. The summed E-state index contributed by atoms with van der Waals surface area (Å²) in [5.41, 5.74) is 7.69. The highest BCUT2D eigenvalue weighted by molar-refractivity contribution is 7.07. The Bertz CT molecular complexity index is 1970. The largest absolute Gasteiger partial charge is 0.480 e. The average molecular weight is 591 g/mol. The molecule has 4 aromatic rings. The Morgan fingerprint density at radius 3 is 2.58 bits per heavy atom. The van der Waals surface area contributed by atoms with Crippen molar-refractivity contribution in [1.82, 2.24) is 4.57 Å². The Balaban J connectivity index is 1.35. The summed E-state index contributed by atoms with van der Waals surface area (Å²) in [6.07, 6.45) is 7.52. The quantitative estimate of drug-likeness (QED) is 0.302. The average Bonchev–Trinajstić information content (AvgIpc) is 3.71. The van der Waals surface area contributed by atoms with Crippen molar-refractivity contribution in [2.24, 2.45) is 0 Å². The summed E-state index contributed by atoms with van der Waals surface area (Å²) in [4.78, 5) is 28.1. The van der Waals surface area contributed by atoms with E-state index in [1.54, 1.807) is 0 Å². The molecule has 1 N–H and O–H groups in total. The first kappa shape index (κ1) is 27.6. The van der Waals surface area contributed by atoms with E-state index in [1.165, 1.54) is 57.7 Å². The second-order valence-electron chi connectivity index (χ2n) is 12.3. The van der Waals surface area contributed by atoms with Crippen LogP contribution in [0.2, 0.25) is 0 Å². The fraction of sp³-hybridized carbons (Fsp3) is 0.306. The van der Waals surface area contributed by atoms with Gasteiger partial charge in [0.05, 0.1) is 9.95 Å². The van der Waals surface area contributed by atoms with Crippen LogP contribution in [-0.2, 0) is 16.8 Å². The molecular weight excluding hydrogens is 554 g/mol. The highest BCUT2D eigenvalue weighted by Gasteiger charge is 2.44. The number of benzene rings is 3. The minimum atomic E-state index is -1.03. The van der Waals surface area contributed by atoms with Gasteiger partial charge in [-0.05, 0) is 75.1 Å². The molecule has 43 heavy (non-hydrogen) atoms. The lowest BCUT2D eigenvalue weighted by Gasteiger charge is -2.27. The molecule has 7 rings (SSSR count). The number of aromatic nitrogens is 1. The Labute approximate surface area is 255 Å². The van der Waals surface area contributed by atoms with E-state index in [2.05, 4.69) is 97.0 Å². The second-order valence-corrected chi connectivity index (χ2v) is 13.3. The van der Waals surface area contributed by atoms with Crippen molar-refractivity contribution in [3.8, 4) is 0 Å². The van der Waals surface area contributed by atoms with Gasteiger partial charge in [0.25, 0.3) is 5.56 Å². The lowest BCUT2D eigenvalue weighted by Crippen LogP contribution is -2.36. The summed E-state index contributed by atoms with van der Waals surface area (Å²) < 4.78 is 4.88. The summed E-state index contributed by atoms with van der Waals surface area (Å²) in [6, 6.07) is 26.0. The van der Waals surface area contributed by atoms with Crippen molar-refractivity contribution in [3.63, 3.8) is 0 Å². The zero-order valence-electron chi connectivity index (χ0n) is 24.8. The van der Waals surface area contributed by atoms with Crippen LogP contribution >= 0.6 is 11.3 Å². The highest BCUT2D eigenvalue weighted by atomic mass is 32.1. The number of hydrogen-bond donors (Lipinski definition) is 1. The first-order valence-corrected chi connectivity index (χ1v) is 16.0. The molecule has 7 heteroatoms. The molecule has 0 saturated heterocycles. The predicted molar refractivity (Wildman–Crippen MR) is 174 cm³/mol. The number of carboxylic acids is 1. The van der Waals surface area contributed by atoms with Crippen LogP contribution in [0.1, 0.15) is 62.6 Å². The second kappa shape index (κ2) is 10.5. The van der Waals surface area contributed by atoms with E-state index in [4.69, 9.17) is 0 Å². The molecule has 3 aromatic carbocycles. The molecule has 6 nitrogen and oxygen atoms in total. The van der Waals surface area contributed by atoms with Gasteiger partial charge in [0.15, 0.2) is 5.71 Å². The van der Waals surface area contributed by atoms with E-state index in [9.17, 15) is 14.7 Å². The predicted octanol–water partition coefficient (Wildman–Crippen LogP) is 5.49. The summed E-state index contributed by atoms with van der Waals surface area (Å²) in [5.74, 6) is -0.555. The number of rotatable bonds is 6. The van der Waals surface area contributed by atoms with Crippen LogP contribution in [0.4, 0.5) is 17.1 Å². The minimum Gasteiger partial charge on any atom is -0.480 e. The maximum absolute atomic E-state index is 13.7. The maximum Gasteiger partial charge on any atom is 0.323 e. The lowest BCUT2D eigenvalue weighted by atomic mass is 9.81. The van der Waals surface area contributed by atoms with Crippen LogP contribution < -0.4 is 19.7 Å². The van der Waals surface area contributed by atoms with Crippen LogP contribution in [0.5, 0.6) is 0 Å². The Kier molecular flexibility index (Phi) is 6.73. The minimum absolute atomic E-state index is 0.263. The van der Waals surface area contributed by atoms with Gasteiger partial charge in [-0.3, -0.25) is 14.2 Å². The van der Waals surface area contributed by atoms with Gasteiger partial charge >= 0.3 is 5.97 Å². The molecule has 0 amide bonds. The van der Waals surface area contributed by atoms with E-state index >= 15 is 0 Å². The number of carboxylic acid groups (broad SMARTS) is 1. The first-order valence-electron chi connectivity index (χ1n) is 15.2. The molecule has 0 radical (unpaired) electrons. The smallest absolute Gasteiger partial charge is 0.323 e. The molecule has 2 aliphatic heterocycles. The molecule has 3 heterocycles. The van der Waals surface area contributed by atoms with Crippen LogP contribution in [0.25, 0.3) is 12.2 Å². The van der Waals surface area contributed by atoms with E-state index in [0.717, 1.165) is 23.5 Å². The monoisotopic (exact) mass is 590 g/mol. The molecule has 2 unspecified atom stereocenters. The number of fused-ring (bicyclic) bond motifs is 4. The van der Waals surface area contributed by atoms with Crippen molar-refractivity contribution in [2.75, 3.05) is 11.4 Å². The number of para-hydroxylation sites is 2. The van der Waals surface area contributed by atoms with Gasteiger partial charge in [0.1, 0.15) is 17.8 Å². The molecule has 1 saturated carbocycles. The van der Waals surface area contributed by atoms with E-state index in [1.807, 2.05) is 18.2 Å². The van der Waals surface area contributed by atoms with E-state index in [-0.39, 0.29) is 17.5 Å². The first-order chi connectivity index (χ1) is 20.8. The molecule has 1 aliphatic carbocycles. The van der Waals surface area contributed by atoms with Crippen LogP contribution in [0, 0.1) is 0 Å². The zero-order valence-corrected chi connectivity index (χ0v) is 25.6. The fourth-order valence-electron chi connectivity index (χ4n) is 7.53. The molecule has 1 aromatic heterocycles. The van der Waals surface area contributed by atoms with Crippen molar-refractivity contribution in [2.45, 2.75) is 64.0 Å². The van der Waals surface area contributed by atoms with Gasteiger partial charge in [0.2, 0.25) is 5.69 Å². The molecular formula is C36H36N3O3S+. The Hall–Kier alpha value is -4.23. The standard InChI is InChI=1S/C36H35N3O3S/c1-4-37-30-15-9-8-14-27(30)36(2,3)32(37)21-33-38(22-34(40)41)35(42)31(43-33)20-23-17-18-29-26(19-23)25-13-10-16-28(25)39(29)24-11-6-5-7-12-24/h5-9,11-12,14-15,17-21,25,28H,4,10,13,16,22H2,1-3H3/p+1/b31-20+. The number of hydrogen-bond acceptors (Lipinski definition) is 4. The molecule has 218 valence electrons. The fourth-order valence-corrected chi connectivity index (χ4v) is 8.57. The lowest BCUT2D eigenvalue weighted by molar-refractivity contribution is -0.432. The van der Waals surface area contributed by atoms with Gasteiger partial charge in [0, 0.05) is 41.0 Å². The summed E-state index contributed by atoms with van der Waals surface area (Å²) >= 11 is 1.37. The van der Waals surface area contributed by atoms with E-state index in [0.29, 0.717) is 21.2 Å². The maximum atomic E-state index is 13.7. The zero-order chi connectivity index (χ0) is 29.9. The van der Waals surface area contributed by atoms with Gasteiger partial charge in [-0.1, -0.05) is 48.9 Å². The van der Waals surface area contributed by atoms with Gasteiger partial charge in [-0.15, -0.1) is 11.3 Å². The van der Waals surface area contributed by atoms with Crippen LogP contribution in [0.15, 0.2) is 77.6 Å². The third-order valence-corrected chi connectivity index (χ3v) is 10.5. The van der Waals surface area contributed by atoms with E-state index < -0.39 is 5.97 Å². The Morgan fingerprint density at radius 1 is 1.05 bits per heavy atom. The molecule has 2 atom stereocenters. The van der Waals surface area contributed by atoms with Crippen molar-refractivity contribution in [3.05, 3.63) is 109 Å². The molecule has 0 bridgehead atoms. The summed E-state index contributed by atoms with van der Waals surface area (Å²) in [7, 11) is 0. The van der Waals surface area contributed by atoms with Gasteiger partial charge in [-0.2, -0.15) is 4.58 Å². The van der Waals surface area contributed by atoms with Crippen LogP contribution in [-0.4, -0.2) is 38.5 Å². The topological polar surface area (TPSA) is 65.5 Å². The highest BCUT2D eigenvalue weighted by Crippen LogP contribution is 2.52. The normalized spacial score (nSPS) is 21.0. The number of aliphatic carboxylic acids is 1. The van der Waals surface area contributed by atoms with Crippen molar-refractivity contribution < 1.29 is 14.5 Å². The van der Waals surface area contributed by atoms with Gasteiger partial charge < -0.3 is 10.0 Å². The third-order valence-electron chi connectivity index (χ3n) is 9.46. The number of anilines is 2. The Morgan fingerprint density at radius 2 is 1.81 bits per heavy atom. The van der Waals surface area contributed by atoms with Gasteiger partial charge in [-0.25, -0.2) is 0 Å². The van der Waals surface area contributed by atoms with Crippen molar-refractivity contribution in [1.29, 1.82) is 0 Å². The molecule has 1 fully saturated rings. The number of carbonyl (C=O) groups is 1. The SMILES string of the molecule is CC[N+]1=C(C=c2s/c(=C/c3ccc4c(c3)C3CCCC3N4c3ccccc3)c(=O)n2CC(=O)O)C(C)(C)c2ccccc21.